The van der Waals surface area contributed by atoms with Crippen LogP contribution in [0.3, 0.4) is 0 Å². The molecule has 2 aliphatic rings. The number of carbonyl (C=O) groups excluding carboxylic acids is 1. The molecule has 2 atom stereocenters. The third-order valence-corrected chi connectivity index (χ3v) is 5.84. The highest BCUT2D eigenvalue weighted by molar-refractivity contribution is 5.68. The SMILES string of the molecule is Cc1ccc(Nc2ncc3c(n2)CN([C@@H]2CCN(C(=O)OC(C)(C)C)[C@H](C)C2)C3)cn1.[HH]. The smallest absolute Gasteiger partial charge is 0.410 e. The van der Waals surface area contributed by atoms with Crippen LogP contribution in [-0.2, 0) is 17.8 Å². The Morgan fingerprint density at radius 1 is 1.23 bits per heavy atom. The van der Waals surface area contributed by atoms with Gasteiger partial charge in [0.25, 0.3) is 0 Å². The first-order valence-electron chi connectivity index (χ1n) is 11.0. The van der Waals surface area contributed by atoms with Gasteiger partial charge in [-0.1, -0.05) is 0 Å². The number of anilines is 2. The summed E-state index contributed by atoms with van der Waals surface area (Å²) in [5.41, 5.74) is 3.63. The van der Waals surface area contributed by atoms with Gasteiger partial charge in [0.05, 0.1) is 17.6 Å². The van der Waals surface area contributed by atoms with Crippen LogP contribution in [0.5, 0.6) is 0 Å². The number of fused-ring (bicyclic) bond motifs is 1. The zero-order valence-electron chi connectivity index (χ0n) is 19.1. The third-order valence-electron chi connectivity index (χ3n) is 5.84. The summed E-state index contributed by atoms with van der Waals surface area (Å²) >= 11 is 0. The summed E-state index contributed by atoms with van der Waals surface area (Å²) in [4.78, 5) is 30.3. The van der Waals surface area contributed by atoms with Gasteiger partial charge in [-0.3, -0.25) is 9.88 Å². The first kappa shape index (κ1) is 21.5. The Balaban J connectivity index is 0.00000289. The topological polar surface area (TPSA) is 83.5 Å². The van der Waals surface area contributed by atoms with Crippen molar-refractivity contribution in [2.45, 2.75) is 78.2 Å². The minimum atomic E-state index is -0.469. The Morgan fingerprint density at radius 2 is 2.03 bits per heavy atom. The lowest BCUT2D eigenvalue weighted by atomic mass is 9.97. The van der Waals surface area contributed by atoms with E-state index in [-0.39, 0.29) is 13.6 Å². The van der Waals surface area contributed by atoms with Crippen LogP contribution in [0.25, 0.3) is 0 Å². The number of hydrogen-bond acceptors (Lipinski definition) is 7. The summed E-state index contributed by atoms with van der Waals surface area (Å²) in [5, 5.41) is 3.24. The van der Waals surface area contributed by atoms with Crippen molar-refractivity contribution in [3.05, 3.63) is 41.5 Å². The van der Waals surface area contributed by atoms with Crippen LogP contribution in [0.2, 0.25) is 0 Å². The molecule has 0 aliphatic carbocycles. The molecule has 168 valence electrons. The number of piperidine rings is 1. The molecule has 31 heavy (non-hydrogen) atoms. The molecule has 8 nitrogen and oxygen atoms in total. The number of nitrogens with zero attached hydrogens (tertiary/aromatic N) is 5. The first-order chi connectivity index (χ1) is 14.7. The number of hydrogen-bond donors (Lipinski definition) is 1. The Kier molecular flexibility index (Phi) is 5.83. The monoisotopic (exact) mass is 426 g/mol. The van der Waals surface area contributed by atoms with E-state index in [2.05, 4.69) is 27.1 Å². The minimum Gasteiger partial charge on any atom is -0.444 e. The van der Waals surface area contributed by atoms with Crippen molar-refractivity contribution in [3.63, 3.8) is 0 Å². The van der Waals surface area contributed by atoms with E-state index in [1.54, 1.807) is 6.20 Å². The van der Waals surface area contributed by atoms with Gasteiger partial charge in [-0.05, 0) is 59.6 Å². The van der Waals surface area contributed by atoms with Crippen LogP contribution in [0, 0.1) is 6.92 Å². The van der Waals surface area contributed by atoms with Crippen molar-refractivity contribution in [1.82, 2.24) is 24.8 Å². The van der Waals surface area contributed by atoms with E-state index in [1.807, 2.05) is 50.9 Å². The van der Waals surface area contributed by atoms with Crippen molar-refractivity contribution in [1.29, 1.82) is 0 Å². The van der Waals surface area contributed by atoms with Crippen LogP contribution in [-0.4, -0.2) is 55.1 Å². The van der Waals surface area contributed by atoms with E-state index in [4.69, 9.17) is 9.72 Å². The minimum absolute atomic E-state index is 0. The quantitative estimate of drug-likeness (QED) is 0.784. The van der Waals surface area contributed by atoms with Gasteiger partial charge in [0.15, 0.2) is 0 Å². The Labute approximate surface area is 185 Å². The van der Waals surface area contributed by atoms with Crippen molar-refractivity contribution in [3.8, 4) is 0 Å². The summed E-state index contributed by atoms with van der Waals surface area (Å²) in [6.07, 6.45) is 5.37. The molecule has 0 bridgehead atoms. The lowest BCUT2D eigenvalue weighted by Crippen LogP contribution is -2.51. The second kappa shape index (κ2) is 8.42. The predicted molar refractivity (Wildman–Crippen MR) is 121 cm³/mol. The fourth-order valence-corrected chi connectivity index (χ4v) is 4.24. The molecule has 0 aromatic carbocycles. The molecule has 0 spiro atoms. The summed E-state index contributed by atoms with van der Waals surface area (Å²) in [7, 11) is 0. The lowest BCUT2D eigenvalue weighted by Gasteiger charge is -2.41. The summed E-state index contributed by atoms with van der Waals surface area (Å²) in [5.74, 6) is 0.597. The van der Waals surface area contributed by atoms with Crippen LogP contribution >= 0.6 is 0 Å². The van der Waals surface area contributed by atoms with Crippen LogP contribution in [0.1, 0.15) is 58.9 Å². The molecule has 1 fully saturated rings. The van der Waals surface area contributed by atoms with Crippen molar-refractivity contribution >= 4 is 17.7 Å². The highest BCUT2D eigenvalue weighted by atomic mass is 16.6. The van der Waals surface area contributed by atoms with Gasteiger partial charge >= 0.3 is 6.09 Å². The standard InChI is InChI=1S/C23H32N6O2.H2/c1-15-6-7-18(12-24-15)26-21-25-11-17-13-28(14-20(17)27-21)19-8-9-29(16(2)10-19)22(30)31-23(3,4)5;/h6-7,11-12,16,19H,8-10,13-14H2,1-5H3,(H,25,26,27);1H/t16-,19-;/m1./s1. The van der Waals surface area contributed by atoms with Gasteiger partial charge in [0.2, 0.25) is 5.95 Å². The predicted octanol–water partition coefficient (Wildman–Crippen LogP) is 4.27. The molecule has 0 saturated carbocycles. The molecule has 4 heterocycles. The number of likely N-dealkylation sites (tertiary alicyclic amines) is 1. The van der Waals surface area contributed by atoms with E-state index in [0.29, 0.717) is 18.5 Å². The maximum Gasteiger partial charge on any atom is 0.410 e. The van der Waals surface area contributed by atoms with Gasteiger partial charge in [0, 0.05) is 50.6 Å². The van der Waals surface area contributed by atoms with Gasteiger partial charge in [-0.2, -0.15) is 0 Å². The summed E-state index contributed by atoms with van der Waals surface area (Å²) in [6.45, 7) is 12.2. The number of rotatable bonds is 3. The second-order valence-corrected chi connectivity index (χ2v) is 9.58. The fourth-order valence-electron chi connectivity index (χ4n) is 4.24. The Hall–Kier alpha value is -2.74. The number of carbonyl (C=O) groups is 1. The highest BCUT2D eigenvalue weighted by Crippen LogP contribution is 2.30. The molecular formula is C23H34N6O2. The molecule has 0 unspecified atom stereocenters. The van der Waals surface area contributed by atoms with Crippen molar-refractivity contribution in [2.75, 3.05) is 11.9 Å². The van der Waals surface area contributed by atoms with E-state index in [1.165, 1.54) is 5.56 Å². The van der Waals surface area contributed by atoms with E-state index < -0.39 is 5.60 Å². The molecule has 1 saturated heterocycles. The number of amides is 1. The van der Waals surface area contributed by atoms with Crippen LogP contribution < -0.4 is 5.32 Å². The number of nitrogens with one attached hydrogen (secondary N) is 1. The Bertz CT molecular complexity index is 946. The number of aromatic nitrogens is 3. The number of aryl methyl sites for hydroxylation is 1. The maximum absolute atomic E-state index is 12.5. The highest BCUT2D eigenvalue weighted by Gasteiger charge is 2.36. The average molecular weight is 427 g/mol. The second-order valence-electron chi connectivity index (χ2n) is 9.58. The van der Waals surface area contributed by atoms with E-state index in [9.17, 15) is 4.79 Å². The van der Waals surface area contributed by atoms with Gasteiger partial charge < -0.3 is 15.0 Å². The summed E-state index contributed by atoms with van der Waals surface area (Å²) < 4.78 is 5.57. The first-order valence-corrected chi connectivity index (χ1v) is 11.0. The van der Waals surface area contributed by atoms with Gasteiger partial charge in [0.1, 0.15) is 5.60 Å². The largest absolute Gasteiger partial charge is 0.444 e. The van der Waals surface area contributed by atoms with Crippen molar-refractivity contribution in [2.24, 2.45) is 0 Å². The molecule has 2 aromatic heterocycles. The van der Waals surface area contributed by atoms with Crippen LogP contribution in [0.4, 0.5) is 16.4 Å². The molecule has 8 heteroatoms. The normalized spacial score (nSPS) is 21.6. The van der Waals surface area contributed by atoms with Crippen molar-refractivity contribution < 1.29 is 11.0 Å². The maximum atomic E-state index is 12.5. The number of pyridine rings is 1. The average Bonchev–Trinajstić information content (AvgIpc) is 3.11. The fraction of sp³-hybridized carbons (Fsp3) is 0.565. The molecule has 2 aromatic rings. The van der Waals surface area contributed by atoms with Gasteiger partial charge in [-0.15, -0.1) is 0 Å². The molecule has 0 radical (unpaired) electrons. The van der Waals surface area contributed by atoms with Gasteiger partial charge in [-0.25, -0.2) is 14.8 Å². The third kappa shape index (κ3) is 5.12. The lowest BCUT2D eigenvalue weighted by molar-refractivity contribution is 0.000923. The zero-order chi connectivity index (χ0) is 22.2. The molecular weight excluding hydrogens is 392 g/mol. The summed E-state index contributed by atoms with van der Waals surface area (Å²) in [6, 6.07) is 4.50. The molecule has 1 amide bonds. The van der Waals surface area contributed by atoms with E-state index >= 15 is 0 Å². The molecule has 2 aliphatic heterocycles. The van der Waals surface area contributed by atoms with E-state index in [0.717, 1.165) is 43.0 Å². The molecule has 4 rings (SSSR count). The Morgan fingerprint density at radius 3 is 2.71 bits per heavy atom. The number of ether oxygens (including phenoxy) is 1. The zero-order valence-corrected chi connectivity index (χ0v) is 19.1. The van der Waals surface area contributed by atoms with Crippen LogP contribution in [0.15, 0.2) is 24.5 Å². The molecule has 1 N–H and O–H groups in total.